The first-order valence-electron chi connectivity index (χ1n) is 5.95. The van der Waals surface area contributed by atoms with Gasteiger partial charge in [-0.3, -0.25) is 4.79 Å². The summed E-state index contributed by atoms with van der Waals surface area (Å²) in [5, 5.41) is 21.3. The summed E-state index contributed by atoms with van der Waals surface area (Å²) in [7, 11) is 0. The highest BCUT2D eigenvalue weighted by Crippen LogP contribution is 2.22. The Morgan fingerprint density at radius 2 is 2.00 bits per heavy atom. The molecule has 6 heteroatoms. The SMILES string of the molecule is N#C/C(C(=O)c1ccc(Cl)cc1)=C1\CCC(C(=O)O)N1. The molecular formula is C14H11ClN2O3. The van der Waals surface area contributed by atoms with E-state index in [4.69, 9.17) is 22.0 Å². The maximum atomic E-state index is 12.2. The van der Waals surface area contributed by atoms with Crippen molar-refractivity contribution < 1.29 is 14.7 Å². The fourth-order valence-corrected chi connectivity index (χ4v) is 2.15. The zero-order chi connectivity index (χ0) is 14.7. The van der Waals surface area contributed by atoms with Crippen molar-refractivity contribution in [2.45, 2.75) is 18.9 Å². The number of ketones is 1. The predicted octanol–water partition coefficient (Wildman–Crippen LogP) is 2.14. The molecule has 1 aliphatic heterocycles. The topological polar surface area (TPSA) is 90.2 Å². The molecule has 2 rings (SSSR count). The number of nitrogens with one attached hydrogen (secondary N) is 1. The maximum absolute atomic E-state index is 12.2. The van der Waals surface area contributed by atoms with Gasteiger partial charge in [0.05, 0.1) is 0 Å². The van der Waals surface area contributed by atoms with Crippen LogP contribution in [0.1, 0.15) is 23.2 Å². The number of carbonyl (C=O) groups is 2. The van der Waals surface area contributed by atoms with Gasteiger partial charge in [0, 0.05) is 16.3 Å². The zero-order valence-electron chi connectivity index (χ0n) is 10.4. The van der Waals surface area contributed by atoms with E-state index in [1.807, 2.05) is 6.07 Å². The Hall–Kier alpha value is -2.32. The molecule has 1 fully saturated rings. The zero-order valence-corrected chi connectivity index (χ0v) is 11.1. The predicted molar refractivity (Wildman–Crippen MR) is 72.2 cm³/mol. The Balaban J connectivity index is 2.29. The number of rotatable bonds is 3. The lowest BCUT2D eigenvalue weighted by molar-refractivity contribution is -0.138. The van der Waals surface area contributed by atoms with Crippen molar-refractivity contribution in [3.05, 3.63) is 46.1 Å². The van der Waals surface area contributed by atoms with Crippen molar-refractivity contribution in [2.75, 3.05) is 0 Å². The number of hydrogen-bond acceptors (Lipinski definition) is 4. The van der Waals surface area contributed by atoms with Crippen LogP contribution in [-0.2, 0) is 4.79 Å². The number of benzene rings is 1. The van der Waals surface area contributed by atoms with Crippen LogP contribution >= 0.6 is 11.6 Å². The lowest BCUT2D eigenvalue weighted by Crippen LogP contribution is -2.30. The molecule has 0 spiro atoms. The summed E-state index contributed by atoms with van der Waals surface area (Å²) < 4.78 is 0. The quantitative estimate of drug-likeness (QED) is 0.506. The molecule has 102 valence electrons. The van der Waals surface area contributed by atoms with Crippen LogP contribution in [-0.4, -0.2) is 22.9 Å². The number of carboxylic acids is 1. The largest absolute Gasteiger partial charge is 0.480 e. The van der Waals surface area contributed by atoms with Gasteiger partial charge in [-0.25, -0.2) is 4.79 Å². The molecular weight excluding hydrogens is 280 g/mol. The Morgan fingerprint density at radius 1 is 1.35 bits per heavy atom. The van der Waals surface area contributed by atoms with Gasteiger partial charge in [0.2, 0.25) is 5.78 Å². The summed E-state index contributed by atoms with van der Waals surface area (Å²) in [5.74, 6) is -1.42. The van der Waals surface area contributed by atoms with Gasteiger partial charge in [-0.2, -0.15) is 5.26 Å². The maximum Gasteiger partial charge on any atom is 0.326 e. The second-order valence-corrected chi connectivity index (χ2v) is 4.81. The van der Waals surface area contributed by atoms with Crippen LogP contribution in [0.4, 0.5) is 0 Å². The summed E-state index contributed by atoms with van der Waals surface area (Å²) in [4.78, 5) is 23.1. The molecule has 0 amide bonds. The van der Waals surface area contributed by atoms with Crippen molar-refractivity contribution in [3.8, 4) is 6.07 Å². The van der Waals surface area contributed by atoms with Gasteiger partial charge in [-0.15, -0.1) is 0 Å². The molecule has 1 unspecified atom stereocenters. The van der Waals surface area contributed by atoms with Crippen LogP contribution in [0.15, 0.2) is 35.5 Å². The number of hydrogen-bond donors (Lipinski definition) is 2. The van der Waals surface area contributed by atoms with Crippen molar-refractivity contribution in [2.24, 2.45) is 0 Å². The third-order valence-electron chi connectivity index (χ3n) is 3.08. The Kier molecular flexibility index (Phi) is 4.06. The average Bonchev–Trinajstić information content (AvgIpc) is 2.90. The van der Waals surface area contributed by atoms with E-state index in [0.29, 0.717) is 29.1 Å². The fraction of sp³-hybridized carbons (Fsp3) is 0.214. The molecule has 2 N–H and O–H groups in total. The van der Waals surface area contributed by atoms with E-state index in [0.717, 1.165) is 0 Å². The van der Waals surface area contributed by atoms with E-state index in [-0.39, 0.29) is 5.57 Å². The highest BCUT2D eigenvalue weighted by atomic mass is 35.5. The van der Waals surface area contributed by atoms with E-state index in [1.54, 1.807) is 12.1 Å². The van der Waals surface area contributed by atoms with Crippen LogP contribution in [0, 0.1) is 11.3 Å². The molecule has 0 aliphatic carbocycles. The summed E-state index contributed by atoms with van der Waals surface area (Å²) in [6.45, 7) is 0. The van der Waals surface area contributed by atoms with E-state index in [1.165, 1.54) is 12.1 Å². The first-order chi connectivity index (χ1) is 9.52. The average molecular weight is 291 g/mol. The number of allylic oxidation sites excluding steroid dienone is 2. The van der Waals surface area contributed by atoms with Gasteiger partial charge in [0.25, 0.3) is 0 Å². The van der Waals surface area contributed by atoms with Crippen LogP contribution in [0.25, 0.3) is 0 Å². The number of nitriles is 1. The van der Waals surface area contributed by atoms with Crippen molar-refractivity contribution in [1.82, 2.24) is 5.32 Å². The summed E-state index contributed by atoms with van der Waals surface area (Å²) in [6.07, 6.45) is 0.739. The minimum atomic E-state index is -0.990. The second kappa shape index (κ2) is 5.76. The lowest BCUT2D eigenvalue weighted by Gasteiger charge is -2.07. The molecule has 1 heterocycles. The molecule has 0 aromatic heterocycles. The van der Waals surface area contributed by atoms with E-state index in [9.17, 15) is 9.59 Å². The number of halogens is 1. The van der Waals surface area contributed by atoms with Crippen LogP contribution in [0.2, 0.25) is 5.02 Å². The number of aliphatic carboxylic acids is 1. The van der Waals surface area contributed by atoms with Crippen molar-refractivity contribution in [3.63, 3.8) is 0 Å². The van der Waals surface area contributed by atoms with Gasteiger partial charge < -0.3 is 10.4 Å². The third-order valence-corrected chi connectivity index (χ3v) is 3.33. The molecule has 1 atom stereocenters. The molecule has 0 radical (unpaired) electrons. The number of carboxylic acid groups (broad SMARTS) is 1. The Morgan fingerprint density at radius 3 is 2.50 bits per heavy atom. The standard InChI is InChI=1S/C14H11ClN2O3/c15-9-3-1-8(2-4-9)13(18)10(7-16)11-5-6-12(17-11)14(19)20/h1-4,12,17H,5-6H2,(H,19,20)/b11-10-. The van der Waals surface area contributed by atoms with Crippen LogP contribution in [0.3, 0.4) is 0 Å². The lowest BCUT2D eigenvalue weighted by atomic mass is 10.0. The molecule has 1 aliphatic rings. The van der Waals surface area contributed by atoms with Gasteiger partial charge >= 0.3 is 5.97 Å². The number of Topliss-reactive ketones (excluding diaryl/α,β-unsaturated/α-hetero) is 1. The fourth-order valence-electron chi connectivity index (χ4n) is 2.03. The van der Waals surface area contributed by atoms with E-state index >= 15 is 0 Å². The van der Waals surface area contributed by atoms with Crippen LogP contribution < -0.4 is 5.32 Å². The van der Waals surface area contributed by atoms with Crippen LogP contribution in [0.5, 0.6) is 0 Å². The molecule has 1 aromatic carbocycles. The van der Waals surface area contributed by atoms with Crippen molar-refractivity contribution >= 4 is 23.4 Å². The first-order valence-corrected chi connectivity index (χ1v) is 6.33. The Labute approximate surface area is 120 Å². The number of nitrogens with zero attached hydrogens (tertiary/aromatic N) is 1. The van der Waals surface area contributed by atoms with Gasteiger partial charge in [-0.1, -0.05) is 11.6 Å². The minimum Gasteiger partial charge on any atom is -0.480 e. The number of carbonyl (C=O) groups excluding carboxylic acids is 1. The molecule has 0 bridgehead atoms. The molecule has 1 saturated heterocycles. The van der Waals surface area contributed by atoms with E-state index < -0.39 is 17.8 Å². The van der Waals surface area contributed by atoms with Gasteiger partial charge in [0.15, 0.2) is 0 Å². The van der Waals surface area contributed by atoms with Gasteiger partial charge in [-0.05, 0) is 37.1 Å². The highest BCUT2D eigenvalue weighted by Gasteiger charge is 2.28. The normalized spacial score (nSPS) is 19.9. The monoisotopic (exact) mass is 290 g/mol. The smallest absolute Gasteiger partial charge is 0.326 e. The summed E-state index contributed by atoms with van der Waals surface area (Å²) in [5.41, 5.74) is 0.690. The summed E-state index contributed by atoms with van der Waals surface area (Å²) >= 11 is 5.74. The Bertz CT molecular complexity index is 629. The molecule has 20 heavy (non-hydrogen) atoms. The minimum absolute atomic E-state index is 0.0453. The third kappa shape index (κ3) is 2.81. The van der Waals surface area contributed by atoms with Crippen molar-refractivity contribution in [1.29, 1.82) is 5.26 Å². The molecule has 0 saturated carbocycles. The molecule has 1 aromatic rings. The second-order valence-electron chi connectivity index (χ2n) is 4.38. The molecule has 5 nitrogen and oxygen atoms in total. The first kappa shape index (κ1) is 14.1. The summed E-state index contributed by atoms with van der Waals surface area (Å²) in [6, 6.07) is 7.31. The highest BCUT2D eigenvalue weighted by molar-refractivity contribution is 6.30. The van der Waals surface area contributed by atoms with Gasteiger partial charge in [0.1, 0.15) is 17.7 Å². The van der Waals surface area contributed by atoms with E-state index in [2.05, 4.69) is 5.32 Å².